The van der Waals surface area contributed by atoms with Gasteiger partial charge in [-0.2, -0.15) is 0 Å². The van der Waals surface area contributed by atoms with E-state index in [9.17, 15) is 19.0 Å². The fourth-order valence-corrected chi connectivity index (χ4v) is 1.38. The Morgan fingerprint density at radius 1 is 1.12 bits per heavy atom. The van der Waals surface area contributed by atoms with Gasteiger partial charge in [0.2, 0.25) is 0 Å². The molecule has 0 saturated carbocycles. The summed E-state index contributed by atoms with van der Waals surface area (Å²) < 4.78 is 26.2. The SMILES string of the molecule is CC(C)(C)C(O)C(O)c1cc(F)ccc1F. The zero-order valence-electron chi connectivity index (χ0n) is 9.54. The Hall–Kier alpha value is -1.00. The summed E-state index contributed by atoms with van der Waals surface area (Å²) in [6.07, 6.45) is -2.60. The van der Waals surface area contributed by atoms with Crippen molar-refractivity contribution in [3.05, 3.63) is 35.4 Å². The van der Waals surface area contributed by atoms with E-state index in [4.69, 9.17) is 0 Å². The van der Waals surface area contributed by atoms with Crippen molar-refractivity contribution in [1.82, 2.24) is 0 Å². The lowest BCUT2D eigenvalue weighted by molar-refractivity contribution is -0.0473. The molecule has 1 rings (SSSR count). The number of rotatable bonds is 2. The Bertz CT molecular complexity index is 372. The van der Waals surface area contributed by atoms with E-state index in [1.165, 1.54) is 0 Å². The standard InChI is InChI=1S/C12H16F2O2/c1-12(2,3)11(16)10(15)8-6-7(13)4-5-9(8)14/h4-6,10-11,15-16H,1-3H3. The smallest absolute Gasteiger partial charge is 0.129 e. The molecule has 16 heavy (non-hydrogen) atoms. The first-order chi connectivity index (χ1) is 7.23. The molecule has 0 aliphatic heterocycles. The topological polar surface area (TPSA) is 40.5 Å². The Labute approximate surface area is 93.5 Å². The molecule has 2 unspecified atom stereocenters. The molecule has 0 aliphatic carbocycles. The van der Waals surface area contributed by atoms with Crippen LogP contribution in [0.25, 0.3) is 0 Å². The van der Waals surface area contributed by atoms with Gasteiger partial charge in [-0.05, 0) is 23.6 Å². The normalized spacial score (nSPS) is 15.9. The van der Waals surface area contributed by atoms with Crippen LogP contribution in [0.5, 0.6) is 0 Å². The zero-order valence-corrected chi connectivity index (χ0v) is 9.54. The highest BCUT2D eigenvalue weighted by Crippen LogP contribution is 2.31. The fraction of sp³-hybridized carbons (Fsp3) is 0.500. The van der Waals surface area contributed by atoms with Crippen LogP contribution in [0.4, 0.5) is 8.78 Å². The molecule has 2 N–H and O–H groups in total. The molecular formula is C12H16F2O2. The molecule has 0 radical (unpaired) electrons. The fourth-order valence-electron chi connectivity index (χ4n) is 1.38. The summed E-state index contributed by atoms with van der Waals surface area (Å²) in [7, 11) is 0. The Balaban J connectivity index is 3.05. The van der Waals surface area contributed by atoms with Crippen LogP contribution in [-0.4, -0.2) is 16.3 Å². The summed E-state index contributed by atoms with van der Waals surface area (Å²) in [6.45, 7) is 5.12. The first-order valence-electron chi connectivity index (χ1n) is 5.04. The largest absolute Gasteiger partial charge is 0.390 e. The van der Waals surface area contributed by atoms with Gasteiger partial charge in [-0.1, -0.05) is 20.8 Å². The van der Waals surface area contributed by atoms with Gasteiger partial charge in [-0.3, -0.25) is 0 Å². The lowest BCUT2D eigenvalue weighted by atomic mass is 9.83. The van der Waals surface area contributed by atoms with E-state index in [2.05, 4.69) is 0 Å². The molecule has 4 heteroatoms. The molecule has 1 aromatic carbocycles. The van der Waals surface area contributed by atoms with Gasteiger partial charge in [-0.15, -0.1) is 0 Å². The number of halogens is 2. The predicted octanol–water partition coefficient (Wildman–Crippen LogP) is 2.41. The molecule has 0 spiro atoms. The van der Waals surface area contributed by atoms with E-state index in [1.54, 1.807) is 20.8 Å². The van der Waals surface area contributed by atoms with Crippen LogP contribution in [-0.2, 0) is 0 Å². The van der Waals surface area contributed by atoms with Crippen LogP contribution >= 0.6 is 0 Å². The van der Waals surface area contributed by atoms with Crippen molar-refractivity contribution in [2.75, 3.05) is 0 Å². The molecule has 0 aliphatic rings. The van der Waals surface area contributed by atoms with Crippen LogP contribution in [0.1, 0.15) is 32.4 Å². The minimum atomic E-state index is -1.43. The molecular weight excluding hydrogens is 214 g/mol. The summed E-state index contributed by atoms with van der Waals surface area (Å²) in [4.78, 5) is 0. The van der Waals surface area contributed by atoms with Gasteiger partial charge < -0.3 is 10.2 Å². The second-order valence-corrected chi connectivity index (χ2v) is 4.92. The molecule has 0 heterocycles. The average molecular weight is 230 g/mol. The van der Waals surface area contributed by atoms with Crippen molar-refractivity contribution in [2.24, 2.45) is 5.41 Å². The average Bonchev–Trinajstić information content (AvgIpc) is 2.18. The lowest BCUT2D eigenvalue weighted by Gasteiger charge is -2.30. The molecule has 90 valence electrons. The van der Waals surface area contributed by atoms with Crippen LogP contribution in [0.3, 0.4) is 0 Å². The summed E-state index contributed by atoms with van der Waals surface area (Å²) in [5.41, 5.74) is -0.833. The van der Waals surface area contributed by atoms with Gasteiger partial charge in [0.25, 0.3) is 0 Å². The molecule has 2 nitrogen and oxygen atoms in total. The highest BCUT2D eigenvalue weighted by molar-refractivity contribution is 5.22. The van der Waals surface area contributed by atoms with E-state index >= 15 is 0 Å². The summed E-state index contributed by atoms with van der Waals surface area (Å²) in [5, 5.41) is 19.6. The number of hydrogen-bond acceptors (Lipinski definition) is 2. The van der Waals surface area contributed by atoms with Gasteiger partial charge in [0.05, 0.1) is 6.10 Å². The van der Waals surface area contributed by atoms with Crippen LogP contribution in [0, 0.1) is 17.0 Å². The monoisotopic (exact) mass is 230 g/mol. The first kappa shape index (κ1) is 13.1. The second-order valence-electron chi connectivity index (χ2n) is 4.92. The van der Waals surface area contributed by atoms with Gasteiger partial charge in [-0.25, -0.2) is 8.78 Å². The molecule has 1 aromatic rings. The van der Waals surface area contributed by atoms with E-state index in [0.717, 1.165) is 18.2 Å². The molecule has 0 bridgehead atoms. The summed E-state index contributed by atoms with van der Waals surface area (Å²) in [5.74, 6) is -1.37. The Kier molecular flexibility index (Phi) is 3.65. The zero-order chi connectivity index (χ0) is 12.5. The Morgan fingerprint density at radius 3 is 2.19 bits per heavy atom. The molecule has 2 atom stereocenters. The molecule has 0 fully saturated rings. The predicted molar refractivity (Wildman–Crippen MR) is 56.8 cm³/mol. The maximum absolute atomic E-state index is 13.3. The quantitative estimate of drug-likeness (QED) is 0.819. The van der Waals surface area contributed by atoms with Crippen molar-refractivity contribution < 1.29 is 19.0 Å². The lowest BCUT2D eigenvalue weighted by Crippen LogP contribution is -2.32. The van der Waals surface area contributed by atoms with Crippen molar-refractivity contribution in [3.63, 3.8) is 0 Å². The van der Waals surface area contributed by atoms with E-state index in [0.29, 0.717) is 0 Å². The van der Waals surface area contributed by atoms with Crippen molar-refractivity contribution in [2.45, 2.75) is 33.0 Å². The van der Waals surface area contributed by atoms with Gasteiger partial charge in [0.15, 0.2) is 0 Å². The van der Waals surface area contributed by atoms with E-state index in [1.807, 2.05) is 0 Å². The third-order valence-electron chi connectivity index (χ3n) is 2.46. The Morgan fingerprint density at radius 2 is 1.69 bits per heavy atom. The third-order valence-corrected chi connectivity index (χ3v) is 2.46. The summed E-state index contributed by atoms with van der Waals surface area (Å²) >= 11 is 0. The maximum atomic E-state index is 13.3. The molecule has 0 saturated heterocycles. The number of hydrogen-bond donors (Lipinski definition) is 2. The number of aliphatic hydroxyl groups is 2. The van der Waals surface area contributed by atoms with E-state index < -0.39 is 29.3 Å². The highest BCUT2D eigenvalue weighted by Gasteiger charge is 2.31. The van der Waals surface area contributed by atoms with Crippen molar-refractivity contribution in [1.29, 1.82) is 0 Å². The minimum Gasteiger partial charge on any atom is -0.390 e. The van der Waals surface area contributed by atoms with Gasteiger partial charge in [0, 0.05) is 5.56 Å². The van der Waals surface area contributed by atoms with Crippen LogP contribution in [0.2, 0.25) is 0 Å². The van der Waals surface area contributed by atoms with Gasteiger partial charge in [0.1, 0.15) is 17.7 Å². The van der Waals surface area contributed by atoms with Crippen LogP contribution < -0.4 is 0 Å². The second kappa shape index (κ2) is 4.47. The highest BCUT2D eigenvalue weighted by atomic mass is 19.1. The first-order valence-corrected chi connectivity index (χ1v) is 5.04. The van der Waals surface area contributed by atoms with Gasteiger partial charge >= 0.3 is 0 Å². The third kappa shape index (κ3) is 2.77. The minimum absolute atomic E-state index is 0.220. The number of aliphatic hydroxyl groups excluding tert-OH is 2. The molecule has 0 amide bonds. The maximum Gasteiger partial charge on any atom is 0.129 e. The summed E-state index contributed by atoms with van der Waals surface area (Å²) in [6, 6.07) is 2.80. The van der Waals surface area contributed by atoms with Crippen LogP contribution in [0.15, 0.2) is 18.2 Å². The van der Waals surface area contributed by atoms with E-state index in [-0.39, 0.29) is 5.56 Å². The van der Waals surface area contributed by atoms with Crippen molar-refractivity contribution in [3.8, 4) is 0 Å². The molecule has 0 aromatic heterocycles. The number of benzene rings is 1. The van der Waals surface area contributed by atoms with Crippen molar-refractivity contribution >= 4 is 0 Å².